The molecule has 2 unspecified atom stereocenters. The maximum atomic E-state index is 4.46. The Labute approximate surface area is 108 Å². The summed E-state index contributed by atoms with van der Waals surface area (Å²) in [7, 11) is 0. The van der Waals surface area contributed by atoms with Crippen LogP contribution in [-0.4, -0.2) is 17.6 Å². The highest BCUT2D eigenvalue weighted by atomic mass is 14.9. The smallest absolute Gasteiger partial charge is 0.0704 e. The van der Waals surface area contributed by atoms with E-state index < -0.39 is 0 Å². The molecule has 18 heavy (non-hydrogen) atoms. The molecule has 2 atom stereocenters. The molecule has 0 bridgehead atoms. The largest absolute Gasteiger partial charge is 0.314 e. The number of nitrogens with zero attached hydrogens (tertiary/aromatic N) is 1. The molecule has 1 saturated carbocycles. The number of benzene rings is 1. The van der Waals surface area contributed by atoms with E-state index in [0.717, 1.165) is 12.1 Å². The number of fused-ring (bicyclic) bond motifs is 1. The summed E-state index contributed by atoms with van der Waals surface area (Å²) in [5.41, 5.74) is 2.57. The van der Waals surface area contributed by atoms with Crippen molar-refractivity contribution in [3.05, 3.63) is 42.1 Å². The molecule has 3 rings (SSSR count). The Hall–Kier alpha value is -1.41. The monoisotopic (exact) mass is 240 g/mol. The second kappa shape index (κ2) is 5.07. The van der Waals surface area contributed by atoms with Crippen molar-refractivity contribution in [2.75, 3.05) is 6.54 Å². The van der Waals surface area contributed by atoms with Gasteiger partial charge in [-0.3, -0.25) is 4.98 Å². The van der Waals surface area contributed by atoms with E-state index in [1.165, 1.54) is 30.2 Å². The summed E-state index contributed by atoms with van der Waals surface area (Å²) in [5.74, 6) is 0.663. The molecule has 1 aliphatic carbocycles. The molecular weight excluding hydrogens is 220 g/mol. The topological polar surface area (TPSA) is 24.9 Å². The number of hydrogen-bond donors (Lipinski definition) is 1. The van der Waals surface area contributed by atoms with Gasteiger partial charge in [0.1, 0.15) is 0 Å². The van der Waals surface area contributed by atoms with Gasteiger partial charge in [0, 0.05) is 17.6 Å². The average molecular weight is 240 g/mol. The van der Waals surface area contributed by atoms with Gasteiger partial charge in [0.05, 0.1) is 5.52 Å². The molecule has 1 N–H and O–H groups in total. The normalized spacial score (nSPS) is 23.6. The molecule has 2 heteroatoms. The Kier molecular flexibility index (Phi) is 3.28. The Morgan fingerprint density at radius 2 is 2.22 bits per heavy atom. The third kappa shape index (κ3) is 2.13. The molecule has 0 aliphatic heterocycles. The zero-order chi connectivity index (χ0) is 12.4. The van der Waals surface area contributed by atoms with Crippen molar-refractivity contribution >= 4 is 10.9 Å². The first-order valence-electron chi connectivity index (χ1n) is 6.96. The van der Waals surface area contributed by atoms with Gasteiger partial charge in [0.25, 0.3) is 0 Å². The molecule has 1 aromatic carbocycles. The summed E-state index contributed by atoms with van der Waals surface area (Å²) in [6, 6.07) is 11.5. The highest BCUT2D eigenvalue weighted by Crippen LogP contribution is 2.35. The predicted molar refractivity (Wildman–Crippen MR) is 75.8 cm³/mol. The summed E-state index contributed by atoms with van der Waals surface area (Å²) in [6.45, 7) is 3.25. The lowest BCUT2D eigenvalue weighted by Gasteiger charge is -2.21. The van der Waals surface area contributed by atoms with Gasteiger partial charge in [0.15, 0.2) is 0 Å². The van der Waals surface area contributed by atoms with Crippen LogP contribution in [0.25, 0.3) is 10.9 Å². The van der Waals surface area contributed by atoms with Crippen LogP contribution < -0.4 is 5.32 Å². The minimum absolute atomic E-state index is 0.649. The van der Waals surface area contributed by atoms with E-state index in [1.807, 2.05) is 12.3 Å². The molecule has 1 aliphatic rings. The molecule has 1 fully saturated rings. The maximum absolute atomic E-state index is 4.46. The van der Waals surface area contributed by atoms with E-state index in [9.17, 15) is 0 Å². The molecule has 0 amide bonds. The first kappa shape index (κ1) is 11.7. The number of pyridine rings is 1. The number of likely N-dealkylation sites (N-methyl/N-ethyl adjacent to an activating group) is 1. The zero-order valence-corrected chi connectivity index (χ0v) is 10.9. The molecule has 2 nitrogen and oxygen atoms in total. The van der Waals surface area contributed by atoms with Gasteiger partial charge < -0.3 is 5.32 Å². The lowest BCUT2D eigenvalue weighted by atomic mass is 9.93. The van der Waals surface area contributed by atoms with Crippen LogP contribution in [0.5, 0.6) is 0 Å². The summed E-state index contributed by atoms with van der Waals surface area (Å²) >= 11 is 0. The fourth-order valence-electron chi connectivity index (χ4n) is 3.18. The van der Waals surface area contributed by atoms with Crippen LogP contribution in [0.2, 0.25) is 0 Å². The molecule has 1 aromatic heterocycles. The number of rotatable bonds is 3. The average Bonchev–Trinajstić information content (AvgIpc) is 2.87. The second-order valence-electron chi connectivity index (χ2n) is 5.16. The highest BCUT2D eigenvalue weighted by Gasteiger charge is 2.27. The van der Waals surface area contributed by atoms with Gasteiger partial charge in [-0.25, -0.2) is 0 Å². The fourth-order valence-corrected chi connectivity index (χ4v) is 3.18. The summed E-state index contributed by atoms with van der Waals surface area (Å²) in [6.07, 6.45) is 5.82. The van der Waals surface area contributed by atoms with Crippen molar-refractivity contribution in [3.8, 4) is 0 Å². The molecule has 2 aromatic rings. The number of hydrogen-bond acceptors (Lipinski definition) is 2. The standard InChI is InChI=1S/C16H20N2/c1-2-17-15-7-3-6-14(15)13-9-8-12-5-4-10-18-16(12)11-13/h4-5,8-11,14-15,17H,2-3,6-7H2,1H3. The van der Waals surface area contributed by atoms with E-state index in [1.54, 1.807) is 0 Å². The van der Waals surface area contributed by atoms with E-state index in [2.05, 4.69) is 41.5 Å². The lowest BCUT2D eigenvalue weighted by Crippen LogP contribution is -2.30. The Bertz CT molecular complexity index is 535. The molecule has 1 heterocycles. The quantitative estimate of drug-likeness (QED) is 0.888. The van der Waals surface area contributed by atoms with Crippen molar-refractivity contribution in [1.29, 1.82) is 0 Å². The zero-order valence-electron chi connectivity index (χ0n) is 10.9. The summed E-state index contributed by atoms with van der Waals surface area (Å²) in [4.78, 5) is 4.46. The first-order valence-corrected chi connectivity index (χ1v) is 6.96. The van der Waals surface area contributed by atoms with Crippen molar-refractivity contribution in [2.24, 2.45) is 0 Å². The Balaban J connectivity index is 1.93. The van der Waals surface area contributed by atoms with Crippen molar-refractivity contribution in [2.45, 2.75) is 38.1 Å². The van der Waals surface area contributed by atoms with E-state index >= 15 is 0 Å². The van der Waals surface area contributed by atoms with Crippen LogP contribution in [-0.2, 0) is 0 Å². The highest BCUT2D eigenvalue weighted by molar-refractivity contribution is 5.79. The van der Waals surface area contributed by atoms with Gasteiger partial charge in [-0.15, -0.1) is 0 Å². The maximum Gasteiger partial charge on any atom is 0.0704 e. The Morgan fingerprint density at radius 3 is 3.11 bits per heavy atom. The van der Waals surface area contributed by atoms with E-state index in [0.29, 0.717) is 12.0 Å². The molecular formula is C16H20N2. The van der Waals surface area contributed by atoms with E-state index in [4.69, 9.17) is 0 Å². The number of nitrogens with one attached hydrogen (secondary N) is 1. The number of aromatic nitrogens is 1. The van der Waals surface area contributed by atoms with Crippen LogP contribution in [0, 0.1) is 0 Å². The minimum atomic E-state index is 0.649. The molecule has 0 radical (unpaired) electrons. The summed E-state index contributed by atoms with van der Waals surface area (Å²) in [5, 5.41) is 4.86. The van der Waals surface area contributed by atoms with Gasteiger partial charge in [0.2, 0.25) is 0 Å². The fraction of sp³-hybridized carbons (Fsp3) is 0.438. The molecule has 0 spiro atoms. The third-order valence-corrected chi connectivity index (χ3v) is 4.04. The molecule has 94 valence electrons. The summed E-state index contributed by atoms with van der Waals surface area (Å²) < 4.78 is 0. The second-order valence-corrected chi connectivity index (χ2v) is 5.16. The van der Waals surface area contributed by atoms with Gasteiger partial charge in [-0.2, -0.15) is 0 Å². The SMILES string of the molecule is CCNC1CCCC1c1ccc2cccnc2c1. The lowest BCUT2D eigenvalue weighted by molar-refractivity contribution is 0.493. The van der Waals surface area contributed by atoms with Gasteiger partial charge in [-0.05, 0) is 43.0 Å². The van der Waals surface area contributed by atoms with Crippen LogP contribution in [0.3, 0.4) is 0 Å². The first-order chi connectivity index (χ1) is 8.88. The van der Waals surface area contributed by atoms with Crippen LogP contribution in [0.4, 0.5) is 0 Å². The Morgan fingerprint density at radius 1 is 1.28 bits per heavy atom. The van der Waals surface area contributed by atoms with Crippen molar-refractivity contribution in [1.82, 2.24) is 10.3 Å². The van der Waals surface area contributed by atoms with Gasteiger partial charge >= 0.3 is 0 Å². The molecule has 0 saturated heterocycles. The van der Waals surface area contributed by atoms with E-state index in [-0.39, 0.29) is 0 Å². The third-order valence-electron chi connectivity index (χ3n) is 4.04. The van der Waals surface area contributed by atoms with Crippen LogP contribution in [0.15, 0.2) is 36.5 Å². The van der Waals surface area contributed by atoms with Gasteiger partial charge in [-0.1, -0.05) is 31.5 Å². The van der Waals surface area contributed by atoms with Crippen LogP contribution >= 0.6 is 0 Å². The van der Waals surface area contributed by atoms with Crippen molar-refractivity contribution < 1.29 is 0 Å². The minimum Gasteiger partial charge on any atom is -0.314 e. The van der Waals surface area contributed by atoms with Crippen molar-refractivity contribution in [3.63, 3.8) is 0 Å². The van der Waals surface area contributed by atoms with Crippen LogP contribution in [0.1, 0.15) is 37.7 Å². The predicted octanol–water partition coefficient (Wildman–Crippen LogP) is 3.48.